The van der Waals surface area contributed by atoms with Gasteiger partial charge in [-0.05, 0) is 35.6 Å². The predicted molar refractivity (Wildman–Crippen MR) is 70.9 cm³/mol. The van der Waals surface area contributed by atoms with Gasteiger partial charge in [-0.2, -0.15) is 0 Å². The van der Waals surface area contributed by atoms with Gasteiger partial charge in [0.1, 0.15) is 0 Å². The maximum absolute atomic E-state index is 10.3. The van der Waals surface area contributed by atoms with Crippen molar-refractivity contribution in [2.75, 3.05) is 0 Å². The van der Waals surface area contributed by atoms with Gasteiger partial charge in [-0.3, -0.25) is 0 Å². The highest BCUT2D eigenvalue weighted by molar-refractivity contribution is 9.11. The van der Waals surface area contributed by atoms with Crippen LogP contribution >= 0.6 is 31.9 Å². The van der Waals surface area contributed by atoms with Crippen LogP contribution in [0.15, 0.2) is 27.1 Å². The van der Waals surface area contributed by atoms with Crippen LogP contribution < -0.4 is 0 Å². The first-order valence-corrected chi connectivity index (χ1v) is 6.60. The summed E-state index contributed by atoms with van der Waals surface area (Å²) in [6.45, 7) is 6.24. The van der Waals surface area contributed by atoms with Gasteiger partial charge >= 0.3 is 0 Å². The lowest BCUT2D eigenvalue weighted by atomic mass is 9.80. The van der Waals surface area contributed by atoms with E-state index in [2.05, 4.69) is 52.6 Å². The molecule has 1 N–H and O–H groups in total. The number of halogens is 2. The molecule has 0 amide bonds. The van der Waals surface area contributed by atoms with Crippen LogP contribution in [0, 0.1) is 5.41 Å². The van der Waals surface area contributed by atoms with E-state index in [1.807, 2.05) is 18.2 Å². The molecule has 0 bridgehead atoms. The third-order valence-electron chi connectivity index (χ3n) is 2.90. The van der Waals surface area contributed by atoms with Crippen molar-refractivity contribution in [3.05, 3.63) is 32.7 Å². The average Bonchev–Trinajstić information content (AvgIpc) is 2.20. The predicted octanol–water partition coefficient (Wildman–Crippen LogP) is 4.68. The van der Waals surface area contributed by atoms with Gasteiger partial charge in [-0.1, -0.05) is 52.6 Å². The van der Waals surface area contributed by atoms with Crippen molar-refractivity contribution >= 4 is 31.9 Å². The minimum absolute atomic E-state index is 0.108. The number of rotatable bonds is 3. The van der Waals surface area contributed by atoms with Gasteiger partial charge in [0.15, 0.2) is 0 Å². The average molecular weight is 336 g/mol. The smallest absolute Gasteiger partial charge is 0.0852 e. The standard InChI is InChI=1S/C12H16Br2O/c1-4-12(2,3)11(15)9-7-8(13)5-6-10(9)14/h5-7,11,15H,4H2,1-3H3. The van der Waals surface area contributed by atoms with Crippen LogP contribution in [-0.2, 0) is 0 Å². The lowest BCUT2D eigenvalue weighted by Crippen LogP contribution is -2.21. The molecule has 1 unspecified atom stereocenters. The molecule has 3 heteroatoms. The zero-order valence-electron chi connectivity index (χ0n) is 9.22. The quantitative estimate of drug-likeness (QED) is 0.850. The summed E-state index contributed by atoms with van der Waals surface area (Å²) in [5.41, 5.74) is 0.833. The topological polar surface area (TPSA) is 20.2 Å². The molecular formula is C12H16Br2O. The Bertz CT molecular complexity index is 347. The van der Waals surface area contributed by atoms with Crippen molar-refractivity contribution < 1.29 is 5.11 Å². The molecule has 15 heavy (non-hydrogen) atoms. The zero-order valence-corrected chi connectivity index (χ0v) is 12.4. The fourth-order valence-electron chi connectivity index (χ4n) is 1.34. The third kappa shape index (κ3) is 3.05. The fraction of sp³-hybridized carbons (Fsp3) is 0.500. The molecule has 1 nitrogen and oxygen atoms in total. The normalized spacial score (nSPS) is 14.0. The Morgan fingerprint density at radius 1 is 1.33 bits per heavy atom. The lowest BCUT2D eigenvalue weighted by Gasteiger charge is -2.30. The highest BCUT2D eigenvalue weighted by Gasteiger charge is 2.28. The molecule has 0 radical (unpaired) electrons. The zero-order chi connectivity index (χ0) is 11.6. The maximum Gasteiger partial charge on any atom is 0.0852 e. The van der Waals surface area contributed by atoms with Crippen LogP contribution in [-0.4, -0.2) is 5.11 Å². The fourth-order valence-corrected chi connectivity index (χ4v) is 2.18. The molecule has 0 fully saturated rings. The van der Waals surface area contributed by atoms with E-state index >= 15 is 0 Å². The third-order valence-corrected chi connectivity index (χ3v) is 4.12. The van der Waals surface area contributed by atoms with E-state index in [1.54, 1.807) is 0 Å². The Balaban J connectivity index is 3.10. The highest BCUT2D eigenvalue weighted by Crippen LogP contribution is 2.39. The van der Waals surface area contributed by atoms with Crippen LogP contribution in [0.3, 0.4) is 0 Å². The molecule has 1 aromatic rings. The second kappa shape index (κ2) is 4.98. The van der Waals surface area contributed by atoms with Gasteiger partial charge in [0.25, 0.3) is 0 Å². The maximum atomic E-state index is 10.3. The van der Waals surface area contributed by atoms with Crippen LogP contribution in [0.25, 0.3) is 0 Å². The highest BCUT2D eigenvalue weighted by atomic mass is 79.9. The molecule has 0 heterocycles. The summed E-state index contributed by atoms with van der Waals surface area (Å²) in [6.07, 6.45) is 0.488. The first-order chi connectivity index (χ1) is 6.88. The van der Waals surface area contributed by atoms with E-state index in [-0.39, 0.29) is 5.41 Å². The second-order valence-electron chi connectivity index (χ2n) is 4.41. The van der Waals surface area contributed by atoms with Crippen molar-refractivity contribution in [1.29, 1.82) is 0 Å². The molecule has 0 saturated carbocycles. The lowest BCUT2D eigenvalue weighted by molar-refractivity contribution is 0.0459. The Kier molecular flexibility index (Phi) is 4.38. The number of aliphatic hydroxyl groups excluding tert-OH is 1. The SMILES string of the molecule is CCC(C)(C)C(O)c1cc(Br)ccc1Br. The van der Waals surface area contributed by atoms with E-state index < -0.39 is 6.10 Å². The van der Waals surface area contributed by atoms with Crippen molar-refractivity contribution in [2.45, 2.75) is 33.3 Å². The van der Waals surface area contributed by atoms with E-state index in [1.165, 1.54) is 0 Å². The molecule has 84 valence electrons. The van der Waals surface area contributed by atoms with E-state index in [9.17, 15) is 5.11 Å². The summed E-state index contributed by atoms with van der Waals surface area (Å²) in [6, 6.07) is 5.87. The van der Waals surface area contributed by atoms with Gasteiger partial charge in [0, 0.05) is 8.95 Å². The molecule has 1 aromatic carbocycles. The molecule has 1 atom stereocenters. The summed E-state index contributed by atoms with van der Waals surface area (Å²) in [7, 11) is 0. The Morgan fingerprint density at radius 3 is 2.47 bits per heavy atom. The summed E-state index contributed by atoms with van der Waals surface area (Å²) in [5, 5.41) is 10.3. The molecule has 0 aliphatic heterocycles. The first kappa shape index (κ1) is 13.2. The van der Waals surface area contributed by atoms with Gasteiger partial charge < -0.3 is 5.11 Å². The van der Waals surface area contributed by atoms with Crippen molar-refractivity contribution in [1.82, 2.24) is 0 Å². The van der Waals surface area contributed by atoms with Crippen molar-refractivity contribution in [3.8, 4) is 0 Å². The summed E-state index contributed by atoms with van der Waals surface area (Å²) >= 11 is 6.89. The summed E-state index contributed by atoms with van der Waals surface area (Å²) in [4.78, 5) is 0. The Labute approximate surface area is 108 Å². The van der Waals surface area contributed by atoms with Crippen LogP contribution in [0.4, 0.5) is 0 Å². The Morgan fingerprint density at radius 2 is 1.93 bits per heavy atom. The van der Waals surface area contributed by atoms with Gasteiger partial charge in [0.2, 0.25) is 0 Å². The molecule has 0 aromatic heterocycles. The van der Waals surface area contributed by atoms with E-state index in [0.717, 1.165) is 20.9 Å². The van der Waals surface area contributed by atoms with Crippen LogP contribution in [0.1, 0.15) is 38.9 Å². The van der Waals surface area contributed by atoms with Gasteiger partial charge in [-0.25, -0.2) is 0 Å². The second-order valence-corrected chi connectivity index (χ2v) is 6.18. The van der Waals surface area contributed by atoms with Crippen LogP contribution in [0.2, 0.25) is 0 Å². The minimum Gasteiger partial charge on any atom is -0.388 e. The van der Waals surface area contributed by atoms with Crippen molar-refractivity contribution in [2.24, 2.45) is 5.41 Å². The molecular weight excluding hydrogens is 320 g/mol. The minimum atomic E-state index is -0.450. The number of benzene rings is 1. The molecule has 1 rings (SSSR count). The first-order valence-electron chi connectivity index (χ1n) is 5.01. The molecule has 0 saturated heterocycles. The molecule has 0 aliphatic carbocycles. The summed E-state index contributed by atoms with van der Waals surface area (Å²) in [5.74, 6) is 0. The molecule has 0 aliphatic rings. The number of hydrogen-bond acceptors (Lipinski definition) is 1. The Hall–Kier alpha value is 0.140. The van der Waals surface area contributed by atoms with Gasteiger partial charge in [0.05, 0.1) is 6.10 Å². The monoisotopic (exact) mass is 334 g/mol. The summed E-state index contributed by atoms with van der Waals surface area (Å²) < 4.78 is 1.95. The number of aliphatic hydroxyl groups is 1. The molecule has 0 spiro atoms. The van der Waals surface area contributed by atoms with Crippen molar-refractivity contribution in [3.63, 3.8) is 0 Å². The van der Waals surface area contributed by atoms with E-state index in [4.69, 9.17) is 0 Å². The van der Waals surface area contributed by atoms with Gasteiger partial charge in [-0.15, -0.1) is 0 Å². The largest absolute Gasteiger partial charge is 0.388 e. The van der Waals surface area contributed by atoms with Crippen LogP contribution in [0.5, 0.6) is 0 Å². The van der Waals surface area contributed by atoms with E-state index in [0.29, 0.717) is 0 Å². The number of hydrogen-bond donors (Lipinski definition) is 1.